The van der Waals surface area contributed by atoms with Gasteiger partial charge in [0.25, 0.3) is 5.91 Å². The second-order valence-corrected chi connectivity index (χ2v) is 6.46. The van der Waals surface area contributed by atoms with Gasteiger partial charge in [-0.1, -0.05) is 24.3 Å². The Hall–Kier alpha value is -2.66. The Bertz CT molecular complexity index is 753. The van der Waals surface area contributed by atoms with Crippen molar-refractivity contribution in [3.05, 3.63) is 65.2 Å². The summed E-state index contributed by atoms with van der Waals surface area (Å²) in [6.45, 7) is 7.91. The van der Waals surface area contributed by atoms with E-state index in [0.717, 1.165) is 11.1 Å². The van der Waals surface area contributed by atoms with Crippen LogP contribution in [0, 0.1) is 6.92 Å². The van der Waals surface area contributed by atoms with Crippen molar-refractivity contribution >= 4 is 17.6 Å². The van der Waals surface area contributed by atoms with Gasteiger partial charge >= 0.3 is 5.97 Å². The van der Waals surface area contributed by atoms with E-state index >= 15 is 0 Å². The van der Waals surface area contributed by atoms with Gasteiger partial charge in [0.2, 0.25) is 0 Å². The number of carbonyl (C=O) groups is 2. The van der Waals surface area contributed by atoms with Crippen LogP contribution in [-0.4, -0.2) is 24.1 Å². The molecule has 0 aliphatic heterocycles. The van der Waals surface area contributed by atoms with Gasteiger partial charge in [0.1, 0.15) is 0 Å². The molecule has 0 unspecified atom stereocenters. The molecule has 2 aromatic carbocycles. The fourth-order valence-corrected chi connectivity index (χ4v) is 2.25. The van der Waals surface area contributed by atoms with Crippen LogP contribution < -0.4 is 5.32 Å². The molecule has 0 aliphatic carbocycles. The van der Waals surface area contributed by atoms with E-state index < -0.39 is 12.1 Å². The van der Waals surface area contributed by atoms with Crippen molar-refractivity contribution in [2.24, 2.45) is 0 Å². The molecule has 0 aromatic heterocycles. The Labute approximate surface area is 154 Å². The highest BCUT2D eigenvalue weighted by Crippen LogP contribution is 2.12. The molecule has 0 fully saturated rings. The number of benzene rings is 2. The molecule has 0 saturated carbocycles. The van der Waals surface area contributed by atoms with E-state index in [9.17, 15) is 9.59 Å². The van der Waals surface area contributed by atoms with Crippen LogP contribution in [0.2, 0.25) is 0 Å². The van der Waals surface area contributed by atoms with Crippen molar-refractivity contribution in [1.29, 1.82) is 0 Å². The first-order valence-corrected chi connectivity index (χ1v) is 8.64. The van der Waals surface area contributed by atoms with Crippen LogP contribution in [0.4, 0.5) is 5.69 Å². The third kappa shape index (κ3) is 6.01. The topological polar surface area (TPSA) is 64.6 Å². The maximum Gasteiger partial charge on any atom is 0.338 e. The van der Waals surface area contributed by atoms with E-state index in [2.05, 4.69) is 5.32 Å². The Kier molecular flexibility index (Phi) is 6.92. The molecule has 1 amide bonds. The quantitative estimate of drug-likeness (QED) is 0.759. The summed E-state index contributed by atoms with van der Waals surface area (Å²) < 4.78 is 10.8. The summed E-state index contributed by atoms with van der Waals surface area (Å²) in [4.78, 5) is 24.4. The maximum atomic E-state index is 12.2. The van der Waals surface area contributed by atoms with Crippen LogP contribution in [0.5, 0.6) is 0 Å². The molecule has 5 nitrogen and oxygen atoms in total. The molecular formula is C21H25NO4. The first-order valence-electron chi connectivity index (χ1n) is 8.64. The molecule has 5 heteroatoms. The van der Waals surface area contributed by atoms with Crippen molar-refractivity contribution < 1.29 is 19.1 Å². The van der Waals surface area contributed by atoms with Crippen molar-refractivity contribution in [3.8, 4) is 0 Å². The number of nitrogens with one attached hydrogen (secondary N) is 1. The Balaban J connectivity index is 1.90. The highest BCUT2D eigenvalue weighted by molar-refractivity contribution is 5.97. The van der Waals surface area contributed by atoms with Gasteiger partial charge in [-0.2, -0.15) is 0 Å². The Morgan fingerprint density at radius 2 is 1.73 bits per heavy atom. The van der Waals surface area contributed by atoms with Crippen molar-refractivity contribution in [3.63, 3.8) is 0 Å². The summed E-state index contributed by atoms with van der Waals surface area (Å²) >= 11 is 0. The number of amides is 1. The van der Waals surface area contributed by atoms with E-state index in [0.29, 0.717) is 17.9 Å². The van der Waals surface area contributed by atoms with Crippen LogP contribution in [0.1, 0.15) is 42.3 Å². The maximum absolute atomic E-state index is 12.2. The molecule has 2 aromatic rings. The van der Waals surface area contributed by atoms with Gasteiger partial charge in [0.05, 0.1) is 18.3 Å². The van der Waals surface area contributed by atoms with Gasteiger partial charge in [-0.05, 0) is 63.1 Å². The van der Waals surface area contributed by atoms with Crippen LogP contribution in [0.3, 0.4) is 0 Å². The lowest BCUT2D eigenvalue weighted by Gasteiger charge is -2.14. The van der Waals surface area contributed by atoms with E-state index in [1.54, 1.807) is 25.1 Å². The van der Waals surface area contributed by atoms with Crippen LogP contribution >= 0.6 is 0 Å². The van der Waals surface area contributed by atoms with Crippen LogP contribution in [0.25, 0.3) is 0 Å². The number of esters is 1. The Morgan fingerprint density at radius 3 is 2.35 bits per heavy atom. The largest absolute Gasteiger partial charge is 0.449 e. The molecule has 0 radical (unpaired) electrons. The lowest BCUT2D eigenvalue weighted by Crippen LogP contribution is -2.30. The predicted octanol–water partition coefficient (Wildman–Crippen LogP) is 4.10. The van der Waals surface area contributed by atoms with Gasteiger partial charge in [-0.25, -0.2) is 4.79 Å². The molecule has 0 heterocycles. The summed E-state index contributed by atoms with van der Waals surface area (Å²) in [5.74, 6) is -0.904. The molecule has 0 bridgehead atoms. The standard InChI is InChI=1S/C21H25NO4/c1-14(2)25-13-17-8-10-18(11-9-17)21(24)26-16(4)20(23)22-19-7-5-6-15(3)12-19/h5-12,14,16H,13H2,1-4H3,(H,22,23)/t16-/m0/s1. The molecule has 0 spiro atoms. The molecule has 2 rings (SSSR count). The monoisotopic (exact) mass is 355 g/mol. The summed E-state index contributed by atoms with van der Waals surface area (Å²) in [6.07, 6.45) is -0.751. The zero-order chi connectivity index (χ0) is 19.1. The van der Waals surface area contributed by atoms with E-state index in [4.69, 9.17) is 9.47 Å². The van der Waals surface area contributed by atoms with Gasteiger partial charge in [-0.3, -0.25) is 4.79 Å². The SMILES string of the molecule is Cc1cccc(NC(=O)[C@H](C)OC(=O)c2ccc(COC(C)C)cc2)c1. The molecule has 1 atom stereocenters. The number of aryl methyl sites for hydroxylation is 1. The number of carbonyl (C=O) groups excluding carboxylic acids is 2. The third-order valence-electron chi connectivity index (χ3n) is 3.71. The minimum Gasteiger partial charge on any atom is -0.449 e. The minimum atomic E-state index is -0.896. The number of ether oxygens (including phenoxy) is 2. The molecule has 0 saturated heterocycles. The average molecular weight is 355 g/mol. The minimum absolute atomic E-state index is 0.146. The second kappa shape index (κ2) is 9.15. The van der Waals surface area contributed by atoms with Crippen LogP contribution in [0.15, 0.2) is 48.5 Å². The molecule has 26 heavy (non-hydrogen) atoms. The van der Waals surface area contributed by atoms with E-state index in [1.807, 2.05) is 51.1 Å². The van der Waals surface area contributed by atoms with E-state index in [-0.39, 0.29) is 12.0 Å². The van der Waals surface area contributed by atoms with Crippen molar-refractivity contribution in [2.45, 2.75) is 46.5 Å². The molecule has 1 N–H and O–H groups in total. The smallest absolute Gasteiger partial charge is 0.338 e. The lowest BCUT2D eigenvalue weighted by molar-refractivity contribution is -0.123. The molecule has 0 aliphatic rings. The fraction of sp³-hybridized carbons (Fsp3) is 0.333. The lowest BCUT2D eigenvalue weighted by atomic mass is 10.1. The molecular weight excluding hydrogens is 330 g/mol. The fourth-order valence-electron chi connectivity index (χ4n) is 2.25. The second-order valence-electron chi connectivity index (χ2n) is 6.46. The van der Waals surface area contributed by atoms with Gasteiger partial charge in [0, 0.05) is 5.69 Å². The number of hydrogen-bond acceptors (Lipinski definition) is 4. The van der Waals surface area contributed by atoms with Gasteiger partial charge < -0.3 is 14.8 Å². The highest BCUT2D eigenvalue weighted by Gasteiger charge is 2.19. The van der Waals surface area contributed by atoms with Gasteiger partial charge in [-0.15, -0.1) is 0 Å². The van der Waals surface area contributed by atoms with Crippen molar-refractivity contribution in [1.82, 2.24) is 0 Å². The zero-order valence-electron chi connectivity index (χ0n) is 15.6. The number of anilines is 1. The number of rotatable bonds is 7. The summed E-state index contributed by atoms with van der Waals surface area (Å²) in [5.41, 5.74) is 3.08. The van der Waals surface area contributed by atoms with Crippen molar-refractivity contribution in [2.75, 3.05) is 5.32 Å². The highest BCUT2D eigenvalue weighted by atomic mass is 16.5. The first-order chi connectivity index (χ1) is 12.3. The molecule has 138 valence electrons. The third-order valence-corrected chi connectivity index (χ3v) is 3.71. The summed E-state index contributed by atoms with van der Waals surface area (Å²) in [7, 11) is 0. The normalized spacial score (nSPS) is 11.9. The first kappa shape index (κ1) is 19.7. The van der Waals surface area contributed by atoms with Crippen LogP contribution in [-0.2, 0) is 20.9 Å². The summed E-state index contributed by atoms with van der Waals surface area (Å²) in [5, 5.41) is 2.74. The zero-order valence-corrected chi connectivity index (χ0v) is 15.6. The van der Waals surface area contributed by atoms with Gasteiger partial charge in [0.15, 0.2) is 6.10 Å². The predicted molar refractivity (Wildman–Crippen MR) is 101 cm³/mol. The average Bonchev–Trinajstić information content (AvgIpc) is 2.60. The van der Waals surface area contributed by atoms with E-state index in [1.165, 1.54) is 0 Å². The summed E-state index contributed by atoms with van der Waals surface area (Å²) in [6, 6.07) is 14.4. The number of hydrogen-bond donors (Lipinski definition) is 1. The Morgan fingerprint density at radius 1 is 1.04 bits per heavy atom.